The van der Waals surface area contributed by atoms with E-state index in [9.17, 15) is 14.4 Å². The van der Waals surface area contributed by atoms with Crippen LogP contribution in [0.1, 0.15) is 25.0 Å². The number of rotatable bonds is 9. The van der Waals surface area contributed by atoms with Crippen molar-refractivity contribution < 1.29 is 15.3 Å². The first-order valence-corrected chi connectivity index (χ1v) is 10.6. The summed E-state index contributed by atoms with van der Waals surface area (Å²) in [4.78, 5) is 19.0. The van der Waals surface area contributed by atoms with Gasteiger partial charge in [0.25, 0.3) is 0 Å². The Morgan fingerprint density at radius 1 is 1.36 bits per heavy atom. The first-order chi connectivity index (χ1) is 16.2. The standard InChI is InChI=1S/C26H27FN4O2/c1-5-33-25-14-24-22(13-18(25)12-21(32)7-6-10-31(3)4)26(19(15-28)16-29-24)30-20-8-9-23(27)17(2)11-20/h6-9,11,13-14,16H,5,10,12H2,1-4H3,(H,29,30)/b7-6+/i7D. The van der Waals surface area contributed by atoms with E-state index in [1.165, 1.54) is 12.3 Å². The van der Waals surface area contributed by atoms with Gasteiger partial charge in [0.05, 0.1) is 24.7 Å². The third kappa shape index (κ3) is 5.93. The Morgan fingerprint density at radius 2 is 2.15 bits per heavy atom. The highest BCUT2D eigenvalue weighted by Crippen LogP contribution is 2.34. The molecule has 33 heavy (non-hydrogen) atoms. The van der Waals surface area contributed by atoms with Gasteiger partial charge in [0.15, 0.2) is 5.78 Å². The fourth-order valence-electron chi connectivity index (χ4n) is 3.35. The number of aryl methyl sites for hydroxylation is 1. The molecular weight excluding hydrogens is 419 g/mol. The average Bonchev–Trinajstić information content (AvgIpc) is 2.80. The van der Waals surface area contributed by atoms with Crippen molar-refractivity contribution in [3.8, 4) is 11.8 Å². The number of nitriles is 1. The van der Waals surface area contributed by atoms with Crippen LogP contribution in [0.5, 0.6) is 5.75 Å². The van der Waals surface area contributed by atoms with Crippen LogP contribution in [0.2, 0.25) is 0 Å². The van der Waals surface area contributed by atoms with Crippen LogP contribution in [0.25, 0.3) is 10.9 Å². The van der Waals surface area contributed by atoms with Crippen molar-refractivity contribution >= 4 is 28.1 Å². The number of anilines is 2. The number of pyridine rings is 1. The summed E-state index contributed by atoms with van der Waals surface area (Å²) in [6, 6.07) is 10.2. The van der Waals surface area contributed by atoms with Crippen LogP contribution >= 0.6 is 0 Å². The molecule has 7 heteroatoms. The zero-order chi connectivity index (χ0) is 24.8. The molecule has 0 amide bonds. The normalized spacial score (nSPS) is 11.9. The smallest absolute Gasteiger partial charge is 0.159 e. The number of hydrogen-bond acceptors (Lipinski definition) is 6. The number of nitrogens with one attached hydrogen (secondary N) is 1. The lowest BCUT2D eigenvalue weighted by molar-refractivity contribution is -0.114. The molecule has 0 aliphatic carbocycles. The zero-order valence-electron chi connectivity index (χ0n) is 20.2. The summed E-state index contributed by atoms with van der Waals surface area (Å²) in [6.07, 6.45) is 3.01. The van der Waals surface area contributed by atoms with Gasteiger partial charge in [-0.05, 0) is 63.8 Å². The highest BCUT2D eigenvalue weighted by Gasteiger charge is 2.16. The number of likely N-dealkylation sites (N-methyl/N-ethyl adjacent to an activating group) is 1. The van der Waals surface area contributed by atoms with Crippen LogP contribution in [-0.2, 0) is 11.2 Å². The predicted octanol–water partition coefficient (Wildman–Crippen LogP) is 4.93. The molecule has 0 radical (unpaired) electrons. The fourth-order valence-corrected chi connectivity index (χ4v) is 3.35. The van der Waals surface area contributed by atoms with E-state index in [4.69, 9.17) is 6.11 Å². The lowest BCUT2D eigenvalue weighted by atomic mass is 10.0. The number of carbonyl (C=O) groups is 1. The minimum Gasteiger partial charge on any atom is -0.494 e. The van der Waals surface area contributed by atoms with E-state index in [1.807, 2.05) is 25.9 Å². The van der Waals surface area contributed by atoms with E-state index >= 15 is 0 Å². The fraction of sp³-hybridized carbons (Fsp3) is 0.269. The molecule has 1 heterocycles. The SMILES string of the molecule is [2H]/C(=C\CN(C)C)C(=O)Cc1cc2c(Nc3ccc(F)c(C)c3)c(C#N)cnc2cc1OCC. The Morgan fingerprint density at radius 3 is 2.82 bits per heavy atom. The summed E-state index contributed by atoms with van der Waals surface area (Å²) in [6.45, 7) is 4.39. The van der Waals surface area contributed by atoms with Crippen LogP contribution in [0.15, 0.2) is 48.7 Å². The van der Waals surface area contributed by atoms with Gasteiger partial charge in [-0.15, -0.1) is 0 Å². The van der Waals surface area contributed by atoms with Crippen LogP contribution in [0.3, 0.4) is 0 Å². The second-order valence-electron chi connectivity index (χ2n) is 7.87. The maximum Gasteiger partial charge on any atom is 0.159 e. The molecule has 3 aromatic rings. The largest absolute Gasteiger partial charge is 0.494 e. The molecule has 1 N–H and O–H groups in total. The molecule has 0 spiro atoms. The monoisotopic (exact) mass is 447 g/mol. The minimum atomic E-state index is -0.338. The predicted molar refractivity (Wildman–Crippen MR) is 128 cm³/mol. The Kier molecular flexibility index (Phi) is 7.28. The van der Waals surface area contributed by atoms with Crippen molar-refractivity contribution in [3.05, 3.63) is 71.2 Å². The number of halogens is 1. The molecule has 170 valence electrons. The van der Waals surface area contributed by atoms with Crippen molar-refractivity contribution in [3.63, 3.8) is 0 Å². The maximum atomic E-state index is 13.7. The molecule has 6 nitrogen and oxygen atoms in total. The first kappa shape index (κ1) is 22.4. The summed E-state index contributed by atoms with van der Waals surface area (Å²) in [5.74, 6) is -0.152. The van der Waals surface area contributed by atoms with E-state index in [0.29, 0.717) is 57.9 Å². The van der Waals surface area contributed by atoms with Crippen molar-refractivity contribution in [2.24, 2.45) is 0 Å². The van der Waals surface area contributed by atoms with Crippen molar-refractivity contribution in [1.82, 2.24) is 9.88 Å². The average molecular weight is 448 g/mol. The number of fused-ring (bicyclic) bond motifs is 1. The highest BCUT2D eigenvalue weighted by atomic mass is 19.1. The minimum absolute atomic E-state index is 0.0279. The third-order valence-electron chi connectivity index (χ3n) is 4.97. The van der Waals surface area contributed by atoms with Crippen molar-refractivity contribution in [2.45, 2.75) is 20.3 Å². The molecule has 0 saturated heterocycles. The number of benzene rings is 2. The lowest BCUT2D eigenvalue weighted by Crippen LogP contribution is -2.11. The van der Waals surface area contributed by atoms with Crippen molar-refractivity contribution in [1.29, 1.82) is 5.26 Å². The Hall–Kier alpha value is -3.76. The van der Waals surface area contributed by atoms with Gasteiger partial charge in [-0.2, -0.15) is 5.26 Å². The number of ether oxygens (including phenoxy) is 1. The van der Waals surface area contributed by atoms with Crippen molar-refractivity contribution in [2.75, 3.05) is 32.6 Å². The number of allylic oxidation sites excluding steroid dienone is 1. The number of ketones is 1. The van der Waals surface area contributed by atoms with Gasteiger partial charge >= 0.3 is 0 Å². The zero-order valence-corrected chi connectivity index (χ0v) is 19.2. The summed E-state index contributed by atoms with van der Waals surface area (Å²) < 4.78 is 27.6. The second kappa shape index (κ2) is 10.7. The molecule has 3 rings (SSSR count). The molecule has 0 aliphatic rings. The van der Waals surface area contributed by atoms with Crippen LogP contribution < -0.4 is 10.1 Å². The van der Waals surface area contributed by atoms with Crippen LogP contribution in [0, 0.1) is 24.1 Å². The lowest BCUT2D eigenvalue weighted by Gasteiger charge is -2.15. The molecular formula is C26H27FN4O2. The summed E-state index contributed by atoms with van der Waals surface area (Å²) >= 11 is 0. The molecule has 1 aromatic heterocycles. The summed E-state index contributed by atoms with van der Waals surface area (Å²) in [5.41, 5.74) is 3.08. The molecule has 0 bridgehead atoms. The molecule has 0 aliphatic heterocycles. The van der Waals surface area contributed by atoms with E-state index in [2.05, 4.69) is 16.4 Å². The molecule has 2 aromatic carbocycles. The first-order valence-electron chi connectivity index (χ1n) is 11.1. The van der Waals surface area contributed by atoms with E-state index < -0.39 is 0 Å². The van der Waals surface area contributed by atoms with Crippen LogP contribution in [-0.4, -0.2) is 42.9 Å². The van der Waals surface area contributed by atoms with Crippen LogP contribution in [0.4, 0.5) is 15.8 Å². The summed E-state index contributed by atoms with van der Waals surface area (Å²) in [7, 11) is 3.73. The van der Waals surface area contributed by atoms with E-state index in [-0.39, 0.29) is 24.1 Å². The van der Waals surface area contributed by atoms with Gasteiger partial charge in [-0.3, -0.25) is 9.78 Å². The number of carbonyl (C=O) groups excluding carboxylic acids is 1. The Labute approximate surface area is 194 Å². The number of nitrogens with zero attached hydrogens (tertiary/aromatic N) is 3. The molecule has 0 saturated carbocycles. The molecule has 0 fully saturated rings. The Balaban J connectivity index is 2.09. The van der Waals surface area contributed by atoms with Gasteiger partial charge in [0.1, 0.15) is 17.6 Å². The highest BCUT2D eigenvalue weighted by molar-refractivity contribution is 5.98. The topological polar surface area (TPSA) is 78.3 Å². The van der Waals surface area contributed by atoms with Gasteiger partial charge in [-0.1, -0.05) is 6.08 Å². The van der Waals surface area contributed by atoms with Gasteiger partial charge in [0.2, 0.25) is 0 Å². The van der Waals surface area contributed by atoms with Gasteiger partial charge < -0.3 is 15.0 Å². The third-order valence-corrected chi connectivity index (χ3v) is 4.97. The quantitative estimate of drug-likeness (QED) is 0.469. The summed E-state index contributed by atoms with van der Waals surface area (Å²) in [5, 5.41) is 13.5. The van der Waals surface area contributed by atoms with Gasteiger partial charge in [-0.25, -0.2) is 4.39 Å². The van der Waals surface area contributed by atoms with E-state index in [1.54, 1.807) is 37.3 Å². The second-order valence-corrected chi connectivity index (χ2v) is 7.87. The Bertz CT molecular complexity index is 1300. The molecule has 0 atom stereocenters. The number of aromatic nitrogens is 1. The number of hydrogen-bond donors (Lipinski definition) is 1. The van der Waals surface area contributed by atoms with E-state index in [0.717, 1.165) is 0 Å². The molecule has 0 unspecified atom stereocenters. The van der Waals surface area contributed by atoms with Gasteiger partial charge in [0, 0.05) is 41.9 Å². The maximum absolute atomic E-state index is 13.7.